The fourth-order valence-corrected chi connectivity index (χ4v) is 1.56. The Morgan fingerprint density at radius 3 is 3.06 bits per heavy atom. The molecule has 3 heteroatoms. The van der Waals surface area contributed by atoms with Gasteiger partial charge in [-0.1, -0.05) is 6.58 Å². The molecule has 0 fully saturated rings. The Kier molecular flexibility index (Phi) is 2.95. The van der Waals surface area contributed by atoms with E-state index in [0.29, 0.717) is 18.8 Å². The normalized spacial score (nSPS) is 13.9. The molecule has 1 heterocycles. The summed E-state index contributed by atoms with van der Waals surface area (Å²) in [6.45, 7) is 6.20. The highest BCUT2D eigenvalue weighted by Crippen LogP contribution is 2.29. The Morgan fingerprint density at radius 1 is 1.50 bits per heavy atom. The van der Waals surface area contributed by atoms with Gasteiger partial charge >= 0.3 is 5.97 Å². The predicted octanol–water partition coefficient (Wildman–Crippen LogP) is 2.49. The summed E-state index contributed by atoms with van der Waals surface area (Å²) in [5.74, 6) is 1.28. The average Bonchev–Trinajstić information content (AvgIpc) is 2.26. The van der Waals surface area contributed by atoms with Gasteiger partial charge in [-0.3, -0.25) is 4.79 Å². The zero-order valence-electron chi connectivity index (χ0n) is 9.29. The summed E-state index contributed by atoms with van der Waals surface area (Å²) >= 11 is 0. The molecule has 0 atom stereocenters. The summed E-state index contributed by atoms with van der Waals surface area (Å²) < 4.78 is 10.6. The average molecular weight is 218 g/mol. The molecule has 0 spiro atoms. The first kappa shape index (κ1) is 10.7. The van der Waals surface area contributed by atoms with E-state index in [9.17, 15) is 4.79 Å². The van der Waals surface area contributed by atoms with Crippen molar-refractivity contribution in [2.75, 3.05) is 6.61 Å². The van der Waals surface area contributed by atoms with Gasteiger partial charge in [0.15, 0.2) is 0 Å². The lowest BCUT2D eigenvalue weighted by molar-refractivity contribution is -0.135. The Morgan fingerprint density at radius 2 is 2.31 bits per heavy atom. The first-order valence-corrected chi connectivity index (χ1v) is 5.26. The first-order chi connectivity index (χ1) is 7.65. The van der Waals surface area contributed by atoms with Gasteiger partial charge in [0.1, 0.15) is 18.1 Å². The molecule has 0 aromatic heterocycles. The van der Waals surface area contributed by atoms with Crippen molar-refractivity contribution in [2.45, 2.75) is 19.8 Å². The Balaban J connectivity index is 2.13. The maximum absolute atomic E-state index is 11.1. The fourth-order valence-electron chi connectivity index (χ4n) is 1.56. The molecule has 0 saturated heterocycles. The Labute approximate surface area is 94.7 Å². The van der Waals surface area contributed by atoms with Crippen LogP contribution in [0.2, 0.25) is 0 Å². The van der Waals surface area contributed by atoms with Crippen molar-refractivity contribution in [2.24, 2.45) is 0 Å². The first-order valence-electron chi connectivity index (χ1n) is 5.26. The molecule has 0 saturated carbocycles. The van der Waals surface area contributed by atoms with Gasteiger partial charge in [0.25, 0.3) is 0 Å². The van der Waals surface area contributed by atoms with Crippen molar-refractivity contribution in [3.05, 3.63) is 35.9 Å². The molecule has 1 aromatic carbocycles. The van der Waals surface area contributed by atoms with E-state index in [1.807, 2.05) is 13.0 Å². The van der Waals surface area contributed by atoms with Gasteiger partial charge in [-0.05, 0) is 42.7 Å². The van der Waals surface area contributed by atoms with E-state index in [-0.39, 0.29) is 5.97 Å². The number of carbonyl (C=O) groups excluding carboxylic acids is 1. The van der Waals surface area contributed by atoms with Crippen molar-refractivity contribution >= 4 is 5.97 Å². The van der Waals surface area contributed by atoms with Crippen LogP contribution in [0, 0.1) is 0 Å². The largest absolute Gasteiger partial charge is 0.489 e. The van der Waals surface area contributed by atoms with Crippen molar-refractivity contribution < 1.29 is 14.3 Å². The van der Waals surface area contributed by atoms with E-state index in [4.69, 9.17) is 9.47 Å². The van der Waals surface area contributed by atoms with Crippen LogP contribution in [-0.2, 0) is 11.2 Å². The fraction of sp³-hybridized carbons (Fsp3) is 0.308. The van der Waals surface area contributed by atoms with E-state index in [0.717, 1.165) is 23.3 Å². The van der Waals surface area contributed by atoms with Gasteiger partial charge in [-0.15, -0.1) is 0 Å². The van der Waals surface area contributed by atoms with Gasteiger partial charge in [-0.2, -0.15) is 0 Å². The maximum Gasteiger partial charge on any atom is 0.311 e. The zero-order valence-corrected chi connectivity index (χ0v) is 9.29. The monoisotopic (exact) mass is 218 g/mol. The second kappa shape index (κ2) is 4.39. The van der Waals surface area contributed by atoms with Crippen LogP contribution >= 0.6 is 0 Å². The van der Waals surface area contributed by atoms with Crippen LogP contribution in [0.25, 0.3) is 0 Å². The van der Waals surface area contributed by atoms with Crippen LogP contribution in [0.15, 0.2) is 30.4 Å². The SMILES string of the molecule is C=C(C)COc1ccc2c(c1)CCC(=O)O2. The summed E-state index contributed by atoms with van der Waals surface area (Å²) in [5, 5.41) is 0. The molecule has 0 N–H and O–H groups in total. The van der Waals surface area contributed by atoms with Gasteiger partial charge in [0, 0.05) is 0 Å². The second-order valence-electron chi connectivity index (χ2n) is 3.99. The number of hydrogen-bond donors (Lipinski definition) is 0. The molecule has 1 aliphatic heterocycles. The van der Waals surface area contributed by atoms with Gasteiger partial charge in [0.2, 0.25) is 0 Å². The number of esters is 1. The topological polar surface area (TPSA) is 35.5 Å². The van der Waals surface area contributed by atoms with Crippen LogP contribution in [0.4, 0.5) is 0 Å². The van der Waals surface area contributed by atoms with Crippen LogP contribution in [-0.4, -0.2) is 12.6 Å². The number of benzene rings is 1. The Bertz CT molecular complexity index is 435. The molecular weight excluding hydrogens is 204 g/mol. The summed E-state index contributed by atoms with van der Waals surface area (Å²) in [4.78, 5) is 11.1. The molecule has 0 radical (unpaired) electrons. The second-order valence-corrected chi connectivity index (χ2v) is 3.99. The number of aryl methyl sites for hydroxylation is 1. The van der Waals surface area contributed by atoms with E-state index in [1.54, 1.807) is 12.1 Å². The Hall–Kier alpha value is -1.77. The highest BCUT2D eigenvalue weighted by Gasteiger charge is 2.17. The lowest BCUT2D eigenvalue weighted by atomic mass is 10.1. The smallest absolute Gasteiger partial charge is 0.311 e. The third-order valence-corrected chi connectivity index (χ3v) is 2.34. The lowest BCUT2D eigenvalue weighted by Gasteiger charge is -2.16. The molecule has 0 bridgehead atoms. The van der Waals surface area contributed by atoms with E-state index < -0.39 is 0 Å². The highest BCUT2D eigenvalue weighted by atomic mass is 16.5. The zero-order chi connectivity index (χ0) is 11.5. The molecule has 1 aromatic rings. The third-order valence-electron chi connectivity index (χ3n) is 2.34. The molecule has 0 unspecified atom stereocenters. The van der Waals surface area contributed by atoms with E-state index >= 15 is 0 Å². The van der Waals surface area contributed by atoms with E-state index in [2.05, 4.69) is 6.58 Å². The van der Waals surface area contributed by atoms with Crippen LogP contribution < -0.4 is 9.47 Å². The van der Waals surface area contributed by atoms with Crippen LogP contribution in [0.3, 0.4) is 0 Å². The number of rotatable bonds is 3. The van der Waals surface area contributed by atoms with Crippen molar-refractivity contribution in [1.29, 1.82) is 0 Å². The quantitative estimate of drug-likeness (QED) is 0.444. The van der Waals surface area contributed by atoms with Crippen LogP contribution in [0.1, 0.15) is 18.9 Å². The number of ether oxygens (including phenoxy) is 2. The summed E-state index contributed by atoms with van der Waals surface area (Å²) in [6, 6.07) is 5.51. The van der Waals surface area contributed by atoms with Gasteiger partial charge in [0.05, 0.1) is 6.42 Å². The molecule has 0 aliphatic carbocycles. The van der Waals surface area contributed by atoms with E-state index in [1.165, 1.54) is 0 Å². The predicted molar refractivity (Wildman–Crippen MR) is 60.7 cm³/mol. The number of fused-ring (bicyclic) bond motifs is 1. The maximum atomic E-state index is 11.1. The molecule has 2 rings (SSSR count). The molecular formula is C13H14O3. The van der Waals surface area contributed by atoms with Gasteiger partial charge in [-0.25, -0.2) is 0 Å². The summed E-state index contributed by atoms with van der Waals surface area (Å²) in [6.07, 6.45) is 1.16. The molecule has 0 amide bonds. The third kappa shape index (κ3) is 2.42. The number of hydrogen-bond acceptors (Lipinski definition) is 3. The van der Waals surface area contributed by atoms with Crippen LogP contribution in [0.5, 0.6) is 11.5 Å². The molecule has 1 aliphatic rings. The summed E-state index contributed by atoms with van der Waals surface area (Å²) in [5.41, 5.74) is 2.00. The highest BCUT2D eigenvalue weighted by molar-refractivity contribution is 5.75. The summed E-state index contributed by atoms with van der Waals surface area (Å²) in [7, 11) is 0. The number of carbonyl (C=O) groups is 1. The van der Waals surface area contributed by atoms with Crippen molar-refractivity contribution in [1.82, 2.24) is 0 Å². The minimum absolute atomic E-state index is 0.164. The molecule has 84 valence electrons. The minimum Gasteiger partial charge on any atom is -0.489 e. The molecule has 16 heavy (non-hydrogen) atoms. The lowest BCUT2D eigenvalue weighted by Crippen LogP contribution is -2.15. The molecule has 3 nitrogen and oxygen atoms in total. The van der Waals surface area contributed by atoms with Crippen molar-refractivity contribution in [3.8, 4) is 11.5 Å². The minimum atomic E-state index is -0.164. The van der Waals surface area contributed by atoms with Gasteiger partial charge < -0.3 is 9.47 Å². The standard InChI is InChI=1S/C13H14O3/c1-9(2)8-15-11-4-5-12-10(7-11)3-6-13(14)16-12/h4-5,7H,1,3,6,8H2,2H3. The van der Waals surface area contributed by atoms with Crippen molar-refractivity contribution in [3.63, 3.8) is 0 Å².